The van der Waals surface area contributed by atoms with Gasteiger partial charge >= 0.3 is 5.97 Å². The first-order valence-electron chi connectivity index (χ1n) is 9.97. The van der Waals surface area contributed by atoms with Gasteiger partial charge in [0.05, 0.1) is 18.8 Å². The van der Waals surface area contributed by atoms with Crippen molar-refractivity contribution in [3.8, 4) is 11.5 Å². The Morgan fingerprint density at radius 3 is 2.38 bits per heavy atom. The van der Waals surface area contributed by atoms with E-state index < -0.39 is 5.97 Å². The normalized spacial score (nSPS) is 13.8. The second kappa shape index (κ2) is 9.96. The topological polar surface area (TPSA) is 84.9 Å². The van der Waals surface area contributed by atoms with Crippen molar-refractivity contribution in [1.82, 2.24) is 5.32 Å². The van der Waals surface area contributed by atoms with Crippen LogP contribution in [0.2, 0.25) is 0 Å². The molecule has 0 saturated heterocycles. The summed E-state index contributed by atoms with van der Waals surface area (Å²) in [7, 11) is 1.63. The summed E-state index contributed by atoms with van der Waals surface area (Å²) in [5.41, 5.74) is 2.13. The molecular weight excluding hydrogens is 370 g/mol. The van der Waals surface area contributed by atoms with Crippen LogP contribution in [-0.4, -0.2) is 30.2 Å². The monoisotopic (exact) mass is 397 g/mol. The summed E-state index contributed by atoms with van der Waals surface area (Å²) in [5, 5.41) is 11.9. The molecule has 0 unspecified atom stereocenters. The van der Waals surface area contributed by atoms with Crippen molar-refractivity contribution in [2.45, 2.75) is 51.2 Å². The predicted molar refractivity (Wildman–Crippen MR) is 109 cm³/mol. The molecule has 0 atom stereocenters. The molecule has 0 bridgehead atoms. The van der Waals surface area contributed by atoms with E-state index in [2.05, 4.69) is 5.32 Å². The van der Waals surface area contributed by atoms with Gasteiger partial charge in [-0.25, -0.2) is 4.79 Å². The van der Waals surface area contributed by atoms with E-state index in [1.54, 1.807) is 31.4 Å². The van der Waals surface area contributed by atoms with Gasteiger partial charge in [-0.2, -0.15) is 0 Å². The number of benzene rings is 2. The van der Waals surface area contributed by atoms with Gasteiger partial charge in [-0.1, -0.05) is 18.2 Å². The average molecular weight is 397 g/mol. The number of methoxy groups -OCH3 is 1. The number of hydrogen-bond acceptors (Lipinski definition) is 4. The minimum Gasteiger partial charge on any atom is -0.493 e. The molecular formula is C23H27NO5. The molecule has 1 saturated carbocycles. The Labute approximate surface area is 170 Å². The van der Waals surface area contributed by atoms with Crippen molar-refractivity contribution >= 4 is 11.9 Å². The lowest BCUT2D eigenvalue weighted by Gasteiger charge is -2.17. The molecule has 2 aromatic rings. The maximum atomic E-state index is 12.2. The third-order valence-corrected chi connectivity index (χ3v) is 5.16. The molecule has 2 N–H and O–H groups in total. The number of rotatable bonds is 9. The van der Waals surface area contributed by atoms with Crippen molar-refractivity contribution in [2.75, 3.05) is 7.11 Å². The summed E-state index contributed by atoms with van der Waals surface area (Å²) in [4.78, 5) is 23.1. The van der Waals surface area contributed by atoms with Gasteiger partial charge in [0.2, 0.25) is 5.91 Å². The molecule has 0 heterocycles. The van der Waals surface area contributed by atoms with Crippen LogP contribution in [-0.2, 0) is 17.8 Å². The van der Waals surface area contributed by atoms with Crippen LogP contribution in [0.4, 0.5) is 0 Å². The van der Waals surface area contributed by atoms with E-state index in [9.17, 15) is 9.59 Å². The van der Waals surface area contributed by atoms with Gasteiger partial charge in [0.15, 0.2) is 11.5 Å². The fraction of sp³-hybridized carbons (Fsp3) is 0.391. The predicted octanol–water partition coefficient (Wildman–Crippen LogP) is 3.96. The summed E-state index contributed by atoms with van der Waals surface area (Å²) in [5.74, 6) is 0.424. The molecule has 154 valence electrons. The maximum Gasteiger partial charge on any atom is 0.335 e. The van der Waals surface area contributed by atoms with E-state index in [-0.39, 0.29) is 17.6 Å². The molecule has 6 heteroatoms. The van der Waals surface area contributed by atoms with E-state index in [0.29, 0.717) is 25.1 Å². The largest absolute Gasteiger partial charge is 0.493 e. The Morgan fingerprint density at radius 2 is 1.72 bits per heavy atom. The number of aryl methyl sites for hydroxylation is 1. The van der Waals surface area contributed by atoms with Crippen molar-refractivity contribution in [3.63, 3.8) is 0 Å². The van der Waals surface area contributed by atoms with Gasteiger partial charge in [-0.05, 0) is 67.5 Å². The molecule has 1 amide bonds. The number of carbonyl (C=O) groups excluding carboxylic acids is 1. The van der Waals surface area contributed by atoms with Crippen LogP contribution in [0.3, 0.4) is 0 Å². The number of carboxylic acids is 1. The minimum absolute atomic E-state index is 0.0543. The zero-order chi connectivity index (χ0) is 20.6. The number of amides is 1. The van der Waals surface area contributed by atoms with Gasteiger partial charge in [0, 0.05) is 13.0 Å². The van der Waals surface area contributed by atoms with Crippen LogP contribution in [0.1, 0.15) is 53.6 Å². The van der Waals surface area contributed by atoms with Gasteiger partial charge in [0.1, 0.15) is 0 Å². The van der Waals surface area contributed by atoms with Gasteiger partial charge < -0.3 is 19.9 Å². The number of carbonyl (C=O) groups is 2. The first-order valence-corrected chi connectivity index (χ1v) is 9.97. The molecule has 1 fully saturated rings. The van der Waals surface area contributed by atoms with Gasteiger partial charge in [0.25, 0.3) is 0 Å². The van der Waals surface area contributed by atoms with Crippen LogP contribution in [0.25, 0.3) is 0 Å². The number of ether oxygens (including phenoxy) is 2. The number of carboxylic acid groups (broad SMARTS) is 1. The van der Waals surface area contributed by atoms with Crippen LogP contribution >= 0.6 is 0 Å². The van der Waals surface area contributed by atoms with Crippen molar-refractivity contribution in [3.05, 3.63) is 59.2 Å². The average Bonchev–Trinajstić information content (AvgIpc) is 3.24. The maximum absolute atomic E-state index is 12.2. The molecule has 3 rings (SSSR count). The van der Waals surface area contributed by atoms with E-state index >= 15 is 0 Å². The SMILES string of the molecule is COc1ccc(CNC(=O)CCc2ccc(C(=O)O)cc2)cc1OC1CCCC1. The molecule has 6 nitrogen and oxygen atoms in total. The van der Waals surface area contributed by atoms with Crippen molar-refractivity contribution in [2.24, 2.45) is 0 Å². The first-order chi connectivity index (χ1) is 14.0. The van der Waals surface area contributed by atoms with Crippen molar-refractivity contribution < 1.29 is 24.2 Å². The number of nitrogens with one attached hydrogen (secondary N) is 1. The Balaban J connectivity index is 1.50. The Hall–Kier alpha value is -3.02. The molecule has 29 heavy (non-hydrogen) atoms. The highest BCUT2D eigenvalue weighted by molar-refractivity contribution is 5.87. The standard InChI is InChI=1S/C23H27NO5/c1-28-20-12-8-17(14-21(20)29-19-4-2-3-5-19)15-24-22(25)13-9-16-6-10-18(11-7-16)23(26)27/h6-8,10-12,14,19H,2-5,9,13,15H2,1H3,(H,24,25)(H,26,27). The minimum atomic E-state index is -0.954. The smallest absolute Gasteiger partial charge is 0.335 e. The molecule has 1 aliphatic rings. The number of aromatic carboxylic acids is 1. The van der Waals surface area contributed by atoms with E-state index in [4.69, 9.17) is 14.6 Å². The summed E-state index contributed by atoms with van der Waals surface area (Å²) >= 11 is 0. The molecule has 0 aliphatic heterocycles. The Bertz CT molecular complexity index is 841. The Morgan fingerprint density at radius 1 is 1.03 bits per heavy atom. The highest BCUT2D eigenvalue weighted by Gasteiger charge is 2.18. The lowest BCUT2D eigenvalue weighted by atomic mass is 10.1. The second-order valence-electron chi connectivity index (χ2n) is 7.29. The lowest BCUT2D eigenvalue weighted by molar-refractivity contribution is -0.121. The highest BCUT2D eigenvalue weighted by atomic mass is 16.5. The van der Waals surface area contributed by atoms with E-state index in [0.717, 1.165) is 29.7 Å². The van der Waals surface area contributed by atoms with Crippen LogP contribution in [0.5, 0.6) is 11.5 Å². The van der Waals surface area contributed by atoms with E-state index in [1.807, 2.05) is 18.2 Å². The summed E-state index contributed by atoms with van der Waals surface area (Å²) in [6.07, 6.45) is 5.66. The summed E-state index contributed by atoms with van der Waals surface area (Å²) in [6.45, 7) is 0.418. The van der Waals surface area contributed by atoms with Gasteiger partial charge in [-0.15, -0.1) is 0 Å². The van der Waals surface area contributed by atoms with Crippen LogP contribution < -0.4 is 14.8 Å². The second-order valence-corrected chi connectivity index (χ2v) is 7.29. The van der Waals surface area contributed by atoms with Gasteiger partial charge in [-0.3, -0.25) is 4.79 Å². The third kappa shape index (κ3) is 5.98. The molecule has 1 aliphatic carbocycles. The zero-order valence-electron chi connectivity index (χ0n) is 16.6. The Kier molecular flexibility index (Phi) is 7.11. The lowest BCUT2D eigenvalue weighted by Crippen LogP contribution is -2.23. The fourth-order valence-corrected chi connectivity index (χ4v) is 3.47. The fourth-order valence-electron chi connectivity index (χ4n) is 3.47. The zero-order valence-corrected chi connectivity index (χ0v) is 16.6. The molecule has 0 spiro atoms. The quantitative estimate of drug-likeness (QED) is 0.669. The first kappa shape index (κ1) is 20.7. The summed E-state index contributed by atoms with van der Waals surface area (Å²) in [6, 6.07) is 12.3. The van der Waals surface area contributed by atoms with E-state index in [1.165, 1.54) is 12.8 Å². The van der Waals surface area contributed by atoms with Crippen LogP contribution in [0, 0.1) is 0 Å². The highest BCUT2D eigenvalue weighted by Crippen LogP contribution is 2.32. The molecule has 0 aromatic heterocycles. The third-order valence-electron chi connectivity index (χ3n) is 5.16. The summed E-state index contributed by atoms with van der Waals surface area (Å²) < 4.78 is 11.5. The molecule has 0 radical (unpaired) electrons. The van der Waals surface area contributed by atoms with Crippen LogP contribution in [0.15, 0.2) is 42.5 Å². The number of hydrogen-bond donors (Lipinski definition) is 2. The van der Waals surface area contributed by atoms with Crippen molar-refractivity contribution in [1.29, 1.82) is 0 Å². The molecule has 2 aromatic carbocycles.